The van der Waals surface area contributed by atoms with Gasteiger partial charge in [0.1, 0.15) is 11.6 Å². The van der Waals surface area contributed by atoms with E-state index in [0.29, 0.717) is 12.6 Å². The number of halogens is 1. The van der Waals surface area contributed by atoms with Crippen molar-refractivity contribution in [1.82, 2.24) is 9.97 Å². The van der Waals surface area contributed by atoms with Crippen LogP contribution in [-0.4, -0.2) is 22.6 Å². The predicted molar refractivity (Wildman–Crippen MR) is 184 cm³/mol. The van der Waals surface area contributed by atoms with Crippen LogP contribution in [-0.2, 0) is 65.4 Å². The van der Waals surface area contributed by atoms with Crippen LogP contribution in [0.2, 0.25) is 0 Å². The summed E-state index contributed by atoms with van der Waals surface area (Å²) in [5, 5.41) is 4.17. The van der Waals surface area contributed by atoms with Crippen molar-refractivity contribution in [3.05, 3.63) is 94.0 Å². The molecule has 1 aliphatic carbocycles. The fourth-order valence-corrected chi connectivity index (χ4v) is 5.43. The van der Waals surface area contributed by atoms with Crippen molar-refractivity contribution in [3.63, 3.8) is 0 Å². The number of aromatic nitrogens is 2. The fraction of sp³-hybridized carbons (Fsp3) is 0.375. The molecule has 228 valence electrons. The van der Waals surface area contributed by atoms with Crippen LogP contribution in [0.25, 0.3) is 21.5 Å². The van der Waals surface area contributed by atoms with Gasteiger partial charge in [0.25, 0.3) is 0 Å². The van der Waals surface area contributed by atoms with Crippen LogP contribution in [0.1, 0.15) is 66.7 Å². The molecule has 2 aromatic heterocycles. The normalized spacial score (nSPS) is 11.7. The fourth-order valence-electron chi connectivity index (χ4n) is 3.68. The first-order chi connectivity index (χ1) is 18.7. The van der Waals surface area contributed by atoms with Crippen LogP contribution in [0.4, 0.5) is 4.39 Å². The number of nitrogens with zero attached hydrogens (tertiary/aromatic N) is 3. The van der Waals surface area contributed by atoms with Gasteiger partial charge in [0.05, 0.1) is 12.6 Å². The Bertz CT molecular complexity index is 1200. The molecule has 42 heavy (non-hydrogen) atoms. The van der Waals surface area contributed by atoms with Gasteiger partial charge in [0, 0.05) is 109 Å². The van der Waals surface area contributed by atoms with E-state index in [4.69, 9.17) is 4.74 Å². The summed E-state index contributed by atoms with van der Waals surface area (Å²) < 4.78 is 22.6. The van der Waals surface area contributed by atoms with E-state index in [1.54, 1.807) is 30.7 Å². The molecule has 0 spiro atoms. The SMILES string of the molecule is CC.CC.CCOc1ccc2cnccc2c1.Fc1ccc2cnccc2c1.PPP=NC1CCCCC1.[CH3-].[CH3-].[Y].[Y]. The van der Waals surface area contributed by atoms with Gasteiger partial charge in [-0.1, -0.05) is 47.0 Å². The van der Waals surface area contributed by atoms with Gasteiger partial charge in [-0.2, -0.15) is 0 Å². The average molecular weight is 781 g/mol. The second-order valence-electron chi connectivity index (χ2n) is 7.82. The standard InChI is InChI=1S/C11H11NO.C9H6FN.C6H14NP3.2C2H6.2CH3.2Y/c1-2-13-11-4-3-10-8-12-6-5-9(10)7-11;10-9-2-1-8-6-11-4-3-7(8)5-9;8-10-9-7-6-4-2-1-3-5-6;2*1-2;;;;/h3-8H,2H2,1H3;1-6H;6,10H,1-5,8H2;2*1-2H3;2*1H3;;/q;;;;;2*-1;;. The Morgan fingerprint density at radius 3 is 1.88 bits per heavy atom. The minimum atomic E-state index is -0.205. The molecule has 0 amide bonds. The summed E-state index contributed by atoms with van der Waals surface area (Å²) in [4.78, 5) is 7.97. The largest absolute Gasteiger partial charge is 0.494 e. The van der Waals surface area contributed by atoms with Gasteiger partial charge in [-0.25, -0.2) is 4.39 Å². The third-order valence-corrected chi connectivity index (χ3v) is 7.67. The molecule has 2 atom stereocenters. The predicted octanol–water partition coefficient (Wildman–Crippen LogP) is 11.8. The van der Waals surface area contributed by atoms with Crippen molar-refractivity contribution in [3.8, 4) is 5.75 Å². The van der Waals surface area contributed by atoms with Crippen molar-refractivity contribution in [2.24, 2.45) is 4.74 Å². The summed E-state index contributed by atoms with van der Waals surface area (Å²) in [6.45, 7) is 10.7. The zero-order valence-electron chi connectivity index (χ0n) is 26.6. The van der Waals surface area contributed by atoms with Crippen LogP contribution in [0.3, 0.4) is 0 Å². The smallest absolute Gasteiger partial charge is 0.123 e. The van der Waals surface area contributed by atoms with Gasteiger partial charge in [-0.3, -0.25) is 14.7 Å². The first kappa shape index (κ1) is 49.0. The van der Waals surface area contributed by atoms with Crippen molar-refractivity contribution in [2.45, 2.75) is 72.8 Å². The Labute approximate surface area is 311 Å². The molecule has 4 aromatic rings. The van der Waals surface area contributed by atoms with E-state index in [0.717, 1.165) is 29.9 Å². The van der Waals surface area contributed by atoms with Crippen molar-refractivity contribution >= 4 is 46.5 Å². The number of benzene rings is 2. The maximum absolute atomic E-state index is 12.6. The van der Waals surface area contributed by atoms with Gasteiger partial charge in [0.15, 0.2) is 0 Å². The quantitative estimate of drug-likeness (QED) is 0.153. The molecule has 1 saturated carbocycles. The van der Waals surface area contributed by atoms with Crippen LogP contribution in [0.15, 0.2) is 78.1 Å². The molecule has 0 N–H and O–H groups in total. The van der Waals surface area contributed by atoms with Crippen molar-refractivity contribution in [2.75, 3.05) is 6.61 Å². The number of fused-ring (bicyclic) bond motifs is 2. The zero-order chi connectivity index (χ0) is 28.0. The van der Waals surface area contributed by atoms with Gasteiger partial charge in [-0.05, 0) is 87.0 Å². The number of ether oxygens (including phenoxy) is 1. The molecule has 10 heteroatoms. The number of rotatable bonds is 4. The third kappa shape index (κ3) is 20.2. The Balaban J connectivity index is -0.000000234. The Morgan fingerprint density at radius 2 is 1.36 bits per heavy atom. The number of hydrogen-bond donors (Lipinski definition) is 0. The summed E-state index contributed by atoms with van der Waals surface area (Å²) in [7, 11) is 4.94. The first-order valence-electron chi connectivity index (χ1n) is 13.5. The second-order valence-corrected chi connectivity index (χ2v) is 12.2. The summed E-state index contributed by atoms with van der Waals surface area (Å²) in [5.41, 5.74) is 0. The van der Waals surface area contributed by atoms with E-state index in [-0.39, 0.29) is 86.1 Å². The Hall–Kier alpha value is 0.158. The molecular formula is C32H49FN3OP3Y2-2. The number of pyridine rings is 2. The van der Waals surface area contributed by atoms with E-state index >= 15 is 0 Å². The van der Waals surface area contributed by atoms with Crippen molar-refractivity contribution < 1.29 is 74.5 Å². The maximum atomic E-state index is 12.6. The molecule has 0 bridgehead atoms. The summed E-state index contributed by atoms with van der Waals surface area (Å²) >= 11 is 0. The van der Waals surface area contributed by atoms with Crippen LogP contribution >= 0.6 is 24.9 Å². The molecule has 1 fully saturated rings. The van der Waals surface area contributed by atoms with E-state index in [1.165, 1.54) is 57.7 Å². The van der Waals surface area contributed by atoms with Crippen LogP contribution in [0.5, 0.6) is 5.75 Å². The Kier molecular flexibility index (Phi) is 38.0. The zero-order valence-corrected chi connectivity index (χ0v) is 35.3. The number of hydrogen-bond acceptors (Lipinski definition) is 4. The molecule has 1 aliphatic rings. The monoisotopic (exact) mass is 781 g/mol. The molecule has 2 radical (unpaired) electrons. The maximum Gasteiger partial charge on any atom is 0.123 e. The van der Waals surface area contributed by atoms with E-state index in [1.807, 2.05) is 65.1 Å². The molecule has 2 heterocycles. The average Bonchev–Trinajstić information content (AvgIpc) is 2.99. The van der Waals surface area contributed by atoms with E-state index in [9.17, 15) is 4.39 Å². The summed E-state index contributed by atoms with van der Waals surface area (Å²) in [6, 6.07) is 15.2. The van der Waals surface area contributed by atoms with Gasteiger partial charge in [-0.15, -0.1) is 8.93 Å². The van der Waals surface area contributed by atoms with Gasteiger partial charge >= 0.3 is 0 Å². The Morgan fingerprint density at radius 1 is 0.833 bits per heavy atom. The third-order valence-electron chi connectivity index (χ3n) is 5.38. The minimum Gasteiger partial charge on any atom is -0.494 e. The van der Waals surface area contributed by atoms with Crippen LogP contribution < -0.4 is 4.74 Å². The second kappa shape index (κ2) is 32.5. The summed E-state index contributed by atoms with van der Waals surface area (Å²) in [5.74, 6) is 0.713. The molecule has 5 rings (SSSR count). The van der Waals surface area contributed by atoms with E-state index < -0.39 is 0 Å². The minimum absolute atomic E-state index is 0. The summed E-state index contributed by atoms with van der Waals surface area (Å²) in [6.07, 6.45) is 14.0. The molecule has 2 aromatic carbocycles. The van der Waals surface area contributed by atoms with Gasteiger partial charge in [0.2, 0.25) is 0 Å². The first-order valence-corrected chi connectivity index (χ1v) is 18.0. The molecule has 2 unspecified atom stereocenters. The molecule has 0 saturated heterocycles. The van der Waals surface area contributed by atoms with Gasteiger partial charge < -0.3 is 19.6 Å². The van der Waals surface area contributed by atoms with Crippen LogP contribution in [0, 0.1) is 20.7 Å². The topological polar surface area (TPSA) is 47.4 Å². The van der Waals surface area contributed by atoms with E-state index in [2.05, 4.69) is 23.6 Å². The molecule has 0 aliphatic heterocycles. The molecular weight excluding hydrogens is 732 g/mol. The molecule has 4 nitrogen and oxygen atoms in total. The van der Waals surface area contributed by atoms with Crippen molar-refractivity contribution in [1.29, 1.82) is 0 Å².